The number of ether oxygens (including phenoxy) is 2. The summed E-state index contributed by atoms with van der Waals surface area (Å²) in [5, 5.41) is 13.2. The smallest absolute Gasteiger partial charge is 0.408 e. The van der Waals surface area contributed by atoms with E-state index in [1.807, 2.05) is 49.4 Å². The van der Waals surface area contributed by atoms with Gasteiger partial charge in [0.15, 0.2) is 0 Å². The minimum atomic E-state index is -0.455. The van der Waals surface area contributed by atoms with Crippen molar-refractivity contribution in [3.8, 4) is 5.75 Å². The largest absolute Gasteiger partial charge is 0.508 e. The topological polar surface area (TPSA) is 67.8 Å². The van der Waals surface area contributed by atoms with E-state index in [0.29, 0.717) is 6.42 Å². The molecule has 156 valence electrons. The second-order valence-corrected chi connectivity index (χ2v) is 7.76. The van der Waals surface area contributed by atoms with Gasteiger partial charge in [0.1, 0.15) is 11.9 Å². The van der Waals surface area contributed by atoms with Gasteiger partial charge in [0, 0.05) is 18.9 Å². The second-order valence-electron chi connectivity index (χ2n) is 7.76. The number of hydrogen-bond acceptors (Lipinski definition) is 4. The highest BCUT2D eigenvalue weighted by molar-refractivity contribution is 5.69. The molecule has 0 fully saturated rings. The van der Waals surface area contributed by atoms with E-state index in [0.717, 1.165) is 29.5 Å². The van der Waals surface area contributed by atoms with Crippen molar-refractivity contribution in [3.05, 3.63) is 65.2 Å². The number of rotatable bonds is 6. The Balaban J connectivity index is 1.88. The number of aromatic hydroxyl groups is 1. The third-order valence-electron chi connectivity index (χ3n) is 6.41. The maximum absolute atomic E-state index is 12.8. The monoisotopic (exact) mass is 397 g/mol. The van der Waals surface area contributed by atoms with Gasteiger partial charge in [0.25, 0.3) is 0 Å². The minimum Gasteiger partial charge on any atom is -0.508 e. The molecular weight excluding hydrogens is 366 g/mol. The molecule has 2 aromatic carbocycles. The third-order valence-corrected chi connectivity index (χ3v) is 6.41. The van der Waals surface area contributed by atoms with Crippen molar-refractivity contribution in [3.63, 3.8) is 0 Å². The molecule has 2 N–H and O–H groups in total. The molecule has 0 spiro atoms. The molecule has 0 unspecified atom stereocenters. The number of fused-ring (bicyclic) bond motifs is 1. The van der Waals surface area contributed by atoms with Gasteiger partial charge < -0.3 is 19.9 Å². The fourth-order valence-electron chi connectivity index (χ4n) is 4.70. The van der Waals surface area contributed by atoms with Gasteiger partial charge >= 0.3 is 6.09 Å². The Labute approximate surface area is 173 Å². The number of benzene rings is 2. The quantitative estimate of drug-likeness (QED) is 0.729. The molecule has 0 saturated heterocycles. The summed E-state index contributed by atoms with van der Waals surface area (Å²) in [6.45, 7) is 6.09. The predicted octanol–water partition coefficient (Wildman–Crippen LogP) is 4.88. The van der Waals surface area contributed by atoms with Crippen LogP contribution in [0.1, 0.15) is 56.4 Å². The van der Waals surface area contributed by atoms with Crippen molar-refractivity contribution in [2.75, 3.05) is 7.11 Å². The summed E-state index contributed by atoms with van der Waals surface area (Å²) in [6.07, 6.45) is 1.30. The molecule has 29 heavy (non-hydrogen) atoms. The van der Waals surface area contributed by atoms with E-state index < -0.39 is 6.09 Å². The lowest BCUT2D eigenvalue weighted by atomic mass is 9.62. The van der Waals surface area contributed by atoms with Gasteiger partial charge in [-0.2, -0.15) is 0 Å². The normalized spacial score (nSPS) is 21.1. The van der Waals surface area contributed by atoms with Crippen LogP contribution in [0, 0.1) is 0 Å². The molecular formula is C24H31NO4. The molecule has 0 aliphatic heterocycles. The van der Waals surface area contributed by atoms with Crippen LogP contribution in [0.15, 0.2) is 48.5 Å². The van der Waals surface area contributed by atoms with E-state index in [2.05, 4.69) is 19.2 Å². The zero-order valence-electron chi connectivity index (χ0n) is 17.6. The minimum absolute atomic E-state index is 0.175. The first kappa shape index (κ1) is 21.2. The van der Waals surface area contributed by atoms with Crippen molar-refractivity contribution in [2.24, 2.45) is 0 Å². The molecule has 2 aromatic rings. The molecule has 1 amide bonds. The number of alkyl carbamates (subject to hydrolysis) is 1. The first-order chi connectivity index (χ1) is 13.9. The molecule has 0 saturated carbocycles. The van der Waals surface area contributed by atoms with Crippen LogP contribution in [0.3, 0.4) is 0 Å². The average molecular weight is 398 g/mol. The lowest BCUT2D eigenvalue weighted by Crippen LogP contribution is -2.60. The van der Waals surface area contributed by atoms with E-state index >= 15 is 0 Å². The fraction of sp³-hybridized carbons (Fsp3) is 0.458. The fourth-order valence-corrected chi connectivity index (χ4v) is 4.70. The third kappa shape index (κ3) is 4.10. The number of phenols is 1. The Bertz CT molecular complexity index is 832. The maximum Gasteiger partial charge on any atom is 0.408 e. The molecule has 1 aliphatic carbocycles. The molecule has 0 radical (unpaired) electrons. The zero-order chi connectivity index (χ0) is 21.0. The number of carbonyl (C=O) groups excluding carboxylic acids is 1. The maximum atomic E-state index is 12.8. The summed E-state index contributed by atoms with van der Waals surface area (Å²) in [6, 6.07) is 14.9. The Morgan fingerprint density at radius 2 is 1.90 bits per heavy atom. The van der Waals surface area contributed by atoms with Gasteiger partial charge in [-0.25, -0.2) is 4.79 Å². The van der Waals surface area contributed by atoms with Gasteiger partial charge in [-0.3, -0.25) is 0 Å². The highest BCUT2D eigenvalue weighted by atomic mass is 16.6. The van der Waals surface area contributed by atoms with Gasteiger partial charge in [-0.1, -0.05) is 50.2 Å². The van der Waals surface area contributed by atoms with E-state index in [4.69, 9.17) is 9.47 Å². The summed E-state index contributed by atoms with van der Waals surface area (Å²) in [4.78, 5) is 12.8. The van der Waals surface area contributed by atoms with E-state index in [1.54, 1.807) is 13.2 Å². The van der Waals surface area contributed by atoms with Crippen LogP contribution < -0.4 is 5.32 Å². The molecule has 3 rings (SSSR count). The van der Waals surface area contributed by atoms with Gasteiger partial charge in [-0.15, -0.1) is 0 Å². The average Bonchev–Trinajstić information content (AvgIpc) is 2.74. The number of carbonyl (C=O) groups is 1. The molecule has 0 aromatic heterocycles. The Kier molecular flexibility index (Phi) is 6.48. The van der Waals surface area contributed by atoms with E-state index in [9.17, 15) is 9.90 Å². The van der Waals surface area contributed by atoms with Gasteiger partial charge in [0.2, 0.25) is 0 Å². The number of amides is 1. The van der Waals surface area contributed by atoms with Crippen molar-refractivity contribution in [1.29, 1.82) is 0 Å². The van der Waals surface area contributed by atoms with Crippen LogP contribution in [-0.4, -0.2) is 30.5 Å². The Morgan fingerprint density at radius 3 is 2.52 bits per heavy atom. The lowest BCUT2D eigenvalue weighted by Gasteiger charge is -2.48. The SMILES string of the molecule is CCC1(CC)c2cc(O)ccc2C[C@H](OC)[C@H]1NC(=O)O[C@H](C)c1ccccc1. The lowest BCUT2D eigenvalue weighted by molar-refractivity contribution is 0.0185. The number of hydrogen-bond donors (Lipinski definition) is 2. The molecule has 5 nitrogen and oxygen atoms in total. The van der Waals surface area contributed by atoms with Crippen LogP contribution in [0.4, 0.5) is 4.79 Å². The summed E-state index contributed by atoms with van der Waals surface area (Å²) in [5.41, 5.74) is 2.84. The van der Waals surface area contributed by atoms with Crippen LogP contribution in [0.25, 0.3) is 0 Å². The second kappa shape index (κ2) is 8.87. The molecule has 5 heteroatoms. The summed E-state index contributed by atoms with van der Waals surface area (Å²) in [7, 11) is 1.68. The van der Waals surface area contributed by atoms with Crippen molar-refractivity contribution >= 4 is 6.09 Å². The molecule has 0 heterocycles. The number of phenolic OH excluding ortho intramolecular Hbond substituents is 1. The van der Waals surface area contributed by atoms with Crippen LogP contribution in [0.2, 0.25) is 0 Å². The van der Waals surface area contributed by atoms with Crippen LogP contribution >= 0.6 is 0 Å². The summed E-state index contributed by atoms with van der Waals surface area (Å²) < 4.78 is 11.5. The highest BCUT2D eigenvalue weighted by Crippen LogP contribution is 2.44. The summed E-state index contributed by atoms with van der Waals surface area (Å²) >= 11 is 0. The number of nitrogens with one attached hydrogen (secondary N) is 1. The van der Waals surface area contributed by atoms with E-state index in [1.165, 1.54) is 0 Å². The van der Waals surface area contributed by atoms with Crippen LogP contribution in [0.5, 0.6) is 5.75 Å². The predicted molar refractivity (Wildman–Crippen MR) is 113 cm³/mol. The first-order valence-electron chi connectivity index (χ1n) is 10.3. The standard InChI is InChI=1S/C24H31NO4/c1-5-24(6-2)20-15-19(26)13-12-18(20)14-21(28-4)22(24)25-23(27)29-16(3)17-10-8-7-9-11-17/h7-13,15-16,21-22,26H,5-6,14H2,1-4H3,(H,25,27)/t16-,21+,22-/m1/s1. The number of methoxy groups -OCH3 is 1. The van der Waals surface area contributed by atoms with Crippen molar-refractivity contribution in [1.82, 2.24) is 5.32 Å². The highest BCUT2D eigenvalue weighted by Gasteiger charge is 2.48. The van der Waals surface area contributed by atoms with Gasteiger partial charge in [0.05, 0.1) is 12.1 Å². The Hall–Kier alpha value is -2.53. The van der Waals surface area contributed by atoms with Gasteiger partial charge in [-0.05, 0) is 48.6 Å². The van der Waals surface area contributed by atoms with Crippen LogP contribution in [-0.2, 0) is 21.3 Å². The molecule has 3 atom stereocenters. The van der Waals surface area contributed by atoms with Crippen molar-refractivity contribution < 1.29 is 19.4 Å². The zero-order valence-corrected chi connectivity index (χ0v) is 17.6. The summed E-state index contributed by atoms with van der Waals surface area (Å²) in [5.74, 6) is 0.241. The van der Waals surface area contributed by atoms with E-state index in [-0.39, 0.29) is 29.4 Å². The first-order valence-corrected chi connectivity index (χ1v) is 10.3. The Morgan fingerprint density at radius 1 is 1.21 bits per heavy atom. The van der Waals surface area contributed by atoms with Crippen molar-refractivity contribution in [2.45, 2.75) is 63.7 Å². The molecule has 1 aliphatic rings. The molecule has 0 bridgehead atoms.